The van der Waals surface area contributed by atoms with Crippen LogP contribution in [-0.4, -0.2) is 19.1 Å². The molecule has 1 N–H and O–H groups in total. The number of fused-ring (bicyclic) bond motifs is 2. The minimum absolute atomic E-state index is 0.0288. The lowest BCUT2D eigenvalue weighted by Gasteiger charge is -2.16. The average Bonchev–Trinajstić information content (AvgIpc) is 3.07. The van der Waals surface area contributed by atoms with Crippen molar-refractivity contribution in [3.05, 3.63) is 68.5 Å². The minimum Gasteiger partial charge on any atom is -0.490 e. The highest BCUT2D eigenvalue weighted by Crippen LogP contribution is 2.36. The highest BCUT2D eigenvalue weighted by molar-refractivity contribution is 6.31. The lowest BCUT2D eigenvalue weighted by molar-refractivity contribution is 0.0938. The van der Waals surface area contributed by atoms with Gasteiger partial charge in [-0.15, -0.1) is 0 Å². The zero-order valence-corrected chi connectivity index (χ0v) is 17.5. The summed E-state index contributed by atoms with van der Waals surface area (Å²) in [5, 5.41) is 3.61. The molecule has 4 rings (SSSR count). The molecule has 156 valence electrons. The van der Waals surface area contributed by atoms with E-state index in [1.807, 2.05) is 13.0 Å². The summed E-state index contributed by atoms with van der Waals surface area (Å²) in [6, 6.07) is 9.55. The highest BCUT2D eigenvalue weighted by atomic mass is 35.5. The van der Waals surface area contributed by atoms with Crippen LogP contribution in [0.2, 0.25) is 5.02 Å². The SMILES string of the molecule is CCCCOc1ccc(C2NC(=O)c3oc4ccc(Cl)cc4c(=O)c32)cc1OCC. The van der Waals surface area contributed by atoms with Crippen LogP contribution in [0, 0.1) is 0 Å². The molecule has 1 amide bonds. The van der Waals surface area contributed by atoms with Crippen molar-refractivity contribution >= 4 is 28.5 Å². The number of hydrogen-bond donors (Lipinski definition) is 1. The molecular weight excluding hydrogens is 406 g/mol. The van der Waals surface area contributed by atoms with Crippen LogP contribution >= 0.6 is 11.6 Å². The molecule has 3 aromatic rings. The molecule has 2 aromatic carbocycles. The Hall–Kier alpha value is -2.99. The molecular formula is C23H22ClNO5. The van der Waals surface area contributed by atoms with E-state index in [2.05, 4.69) is 12.2 Å². The van der Waals surface area contributed by atoms with Gasteiger partial charge < -0.3 is 19.2 Å². The number of ether oxygens (including phenoxy) is 2. The summed E-state index contributed by atoms with van der Waals surface area (Å²) < 4.78 is 17.3. The largest absolute Gasteiger partial charge is 0.490 e. The van der Waals surface area contributed by atoms with Crippen molar-refractivity contribution < 1.29 is 18.7 Å². The predicted molar refractivity (Wildman–Crippen MR) is 115 cm³/mol. The first-order valence-corrected chi connectivity index (χ1v) is 10.4. The molecule has 0 radical (unpaired) electrons. The van der Waals surface area contributed by atoms with Crippen molar-refractivity contribution in [3.8, 4) is 11.5 Å². The van der Waals surface area contributed by atoms with Gasteiger partial charge in [-0.2, -0.15) is 0 Å². The topological polar surface area (TPSA) is 77.8 Å². The lowest BCUT2D eigenvalue weighted by Crippen LogP contribution is -2.22. The fourth-order valence-corrected chi connectivity index (χ4v) is 3.72. The maximum atomic E-state index is 13.2. The van der Waals surface area contributed by atoms with Gasteiger partial charge in [0.15, 0.2) is 16.9 Å². The summed E-state index contributed by atoms with van der Waals surface area (Å²) >= 11 is 6.06. The third-order valence-corrected chi connectivity index (χ3v) is 5.25. The lowest BCUT2D eigenvalue weighted by atomic mass is 9.99. The Labute approximate surface area is 178 Å². The molecule has 6 nitrogen and oxygen atoms in total. The monoisotopic (exact) mass is 427 g/mol. The molecule has 2 heterocycles. The summed E-state index contributed by atoms with van der Waals surface area (Å²) in [5.41, 5.74) is 1.03. The fraction of sp³-hybridized carbons (Fsp3) is 0.304. The summed E-state index contributed by atoms with van der Waals surface area (Å²) in [7, 11) is 0. The van der Waals surface area contributed by atoms with E-state index in [-0.39, 0.29) is 16.8 Å². The quantitative estimate of drug-likeness (QED) is 0.545. The third kappa shape index (κ3) is 3.63. The van der Waals surface area contributed by atoms with E-state index in [9.17, 15) is 9.59 Å². The molecule has 30 heavy (non-hydrogen) atoms. The summed E-state index contributed by atoms with van der Waals surface area (Å²) in [6.45, 7) is 5.04. The Balaban J connectivity index is 1.78. The minimum atomic E-state index is -0.643. The van der Waals surface area contributed by atoms with E-state index in [4.69, 9.17) is 25.5 Å². The molecule has 0 bridgehead atoms. The highest BCUT2D eigenvalue weighted by Gasteiger charge is 2.36. The average molecular weight is 428 g/mol. The Morgan fingerprint density at radius 3 is 2.67 bits per heavy atom. The van der Waals surface area contributed by atoms with Gasteiger partial charge in [0.1, 0.15) is 5.58 Å². The Morgan fingerprint density at radius 2 is 1.90 bits per heavy atom. The Bertz CT molecular complexity index is 1170. The van der Waals surface area contributed by atoms with Crippen molar-refractivity contribution in [2.75, 3.05) is 13.2 Å². The zero-order chi connectivity index (χ0) is 21.3. The number of carbonyl (C=O) groups excluding carboxylic acids is 1. The van der Waals surface area contributed by atoms with Gasteiger partial charge in [-0.25, -0.2) is 0 Å². The third-order valence-electron chi connectivity index (χ3n) is 5.01. The van der Waals surface area contributed by atoms with E-state index in [1.165, 1.54) is 0 Å². The van der Waals surface area contributed by atoms with Crippen molar-refractivity contribution in [2.45, 2.75) is 32.7 Å². The van der Waals surface area contributed by atoms with Gasteiger partial charge in [0.25, 0.3) is 5.91 Å². The summed E-state index contributed by atoms with van der Waals surface area (Å²) in [5.74, 6) is 0.809. The van der Waals surface area contributed by atoms with Gasteiger partial charge in [-0.1, -0.05) is 31.0 Å². The molecule has 1 atom stereocenters. The van der Waals surface area contributed by atoms with Crippen molar-refractivity contribution in [1.29, 1.82) is 0 Å². The molecule has 0 spiro atoms. The van der Waals surface area contributed by atoms with Gasteiger partial charge in [0.05, 0.1) is 30.2 Å². The van der Waals surface area contributed by atoms with Gasteiger partial charge in [-0.05, 0) is 49.2 Å². The first kappa shape index (κ1) is 20.3. The van der Waals surface area contributed by atoms with Gasteiger partial charge >= 0.3 is 0 Å². The number of carbonyl (C=O) groups is 1. The molecule has 0 aliphatic carbocycles. The van der Waals surface area contributed by atoms with Gasteiger partial charge in [-0.3, -0.25) is 9.59 Å². The number of nitrogens with one attached hydrogen (secondary N) is 1. The number of benzene rings is 2. The maximum absolute atomic E-state index is 13.2. The van der Waals surface area contributed by atoms with E-state index in [1.54, 1.807) is 30.3 Å². The van der Waals surface area contributed by atoms with Gasteiger partial charge in [0.2, 0.25) is 5.76 Å². The smallest absolute Gasteiger partial charge is 0.288 e. The Morgan fingerprint density at radius 1 is 1.07 bits per heavy atom. The predicted octanol–water partition coefficient (Wildman–Crippen LogP) is 4.86. The second-order valence-electron chi connectivity index (χ2n) is 7.06. The zero-order valence-electron chi connectivity index (χ0n) is 16.8. The van der Waals surface area contributed by atoms with Crippen LogP contribution in [0.5, 0.6) is 11.5 Å². The molecule has 1 aliphatic rings. The fourth-order valence-electron chi connectivity index (χ4n) is 3.55. The number of amides is 1. The van der Waals surface area contributed by atoms with E-state index >= 15 is 0 Å². The van der Waals surface area contributed by atoms with Crippen molar-refractivity contribution in [2.24, 2.45) is 0 Å². The molecule has 1 unspecified atom stereocenters. The normalized spacial score (nSPS) is 15.2. The van der Waals surface area contributed by atoms with E-state index < -0.39 is 11.9 Å². The van der Waals surface area contributed by atoms with Crippen LogP contribution in [0.25, 0.3) is 11.0 Å². The van der Waals surface area contributed by atoms with Crippen LogP contribution in [0.3, 0.4) is 0 Å². The van der Waals surface area contributed by atoms with Crippen LogP contribution in [0.15, 0.2) is 45.6 Å². The molecule has 1 aliphatic heterocycles. The standard InChI is InChI=1S/C23H22ClNO5/c1-3-5-10-29-17-8-6-13(11-18(17)28-4-2)20-19-21(26)15-12-14(24)7-9-16(15)30-22(19)23(27)25-20/h6-9,11-12,20H,3-5,10H2,1-2H3,(H,25,27). The summed E-state index contributed by atoms with van der Waals surface area (Å²) in [6.07, 6.45) is 1.97. The van der Waals surface area contributed by atoms with Crippen LogP contribution in [-0.2, 0) is 0 Å². The van der Waals surface area contributed by atoms with Gasteiger partial charge in [0, 0.05) is 5.02 Å². The first-order chi connectivity index (χ1) is 14.5. The molecule has 0 saturated carbocycles. The molecule has 1 aromatic heterocycles. The van der Waals surface area contributed by atoms with Crippen LogP contribution < -0.4 is 20.2 Å². The molecule has 0 saturated heterocycles. The maximum Gasteiger partial charge on any atom is 0.288 e. The number of hydrogen-bond acceptors (Lipinski definition) is 5. The second-order valence-corrected chi connectivity index (χ2v) is 7.50. The second kappa shape index (κ2) is 8.40. The van der Waals surface area contributed by atoms with Crippen molar-refractivity contribution in [3.63, 3.8) is 0 Å². The summed E-state index contributed by atoms with van der Waals surface area (Å²) in [4.78, 5) is 25.7. The van der Waals surface area contributed by atoms with Crippen LogP contribution in [0.4, 0.5) is 0 Å². The Kier molecular flexibility index (Phi) is 5.68. The molecule has 0 fully saturated rings. The molecule has 7 heteroatoms. The van der Waals surface area contributed by atoms with Crippen molar-refractivity contribution in [1.82, 2.24) is 5.32 Å². The van der Waals surface area contributed by atoms with E-state index in [0.29, 0.717) is 46.3 Å². The number of rotatable bonds is 7. The number of unbranched alkanes of at least 4 members (excludes halogenated alkanes) is 1. The van der Waals surface area contributed by atoms with E-state index in [0.717, 1.165) is 12.8 Å². The van der Waals surface area contributed by atoms with Crippen LogP contribution in [0.1, 0.15) is 54.4 Å². The number of halogens is 1. The first-order valence-electron chi connectivity index (χ1n) is 10.00.